The lowest BCUT2D eigenvalue weighted by molar-refractivity contribution is -0.117. The number of aromatic nitrogens is 1. The zero-order valence-electron chi connectivity index (χ0n) is 12.1. The van der Waals surface area contributed by atoms with Crippen molar-refractivity contribution in [3.63, 3.8) is 0 Å². The number of benzene rings is 1. The van der Waals surface area contributed by atoms with E-state index in [1.165, 1.54) is 10.4 Å². The van der Waals surface area contributed by atoms with Crippen LogP contribution in [0.1, 0.15) is 28.5 Å². The Bertz CT molecular complexity index is 638. The molecule has 0 saturated carbocycles. The number of amides is 1. The van der Waals surface area contributed by atoms with Gasteiger partial charge in [0.15, 0.2) is 5.13 Å². The summed E-state index contributed by atoms with van der Waals surface area (Å²) in [6.45, 7) is 0.0212. The largest absolute Gasteiger partial charge is 0.322 e. The summed E-state index contributed by atoms with van der Waals surface area (Å²) in [6.07, 6.45) is 3.12. The molecule has 1 aliphatic rings. The van der Waals surface area contributed by atoms with Gasteiger partial charge in [-0.05, 0) is 30.7 Å². The standard InChI is InChI=1S/C16H19N3OS/c1-19(15(20)10-17)16-18-13-8-7-12(9-14(13)21-16)11-5-3-2-4-6-11/h2-6,12H,7-10,17H2,1H3/t12-/m1/s1. The summed E-state index contributed by atoms with van der Waals surface area (Å²) in [5.41, 5.74) is 7.96. The predicted octanol–water partition coefficient (Wildman–Crippen LogP) is 2.34. The molecule has 1 heterocycles. The second-order valence-corrected chi connectivity index (χ2v) is 6.44. The van der Waals surface area contributed by atoms with Crippen molar-refractivity contribution in [1.29, 1.82) is 0 Å². The quantitative estimate of drug-likeness (QED) is 0.946. The van der Waals surface area contributed by atoms with Crippen molar-refractivity contribution in [2.45, 2.75) is 25.2 Å². The number of aryl methyl sites for hydroxylation is 1. The lowest BCUT2D eigenvalue weighted by atomic mass is 9.85. The highest BCUT2D eigenvalue weighted by Gasteiger charge is 2.25. The maximum atomic E-state index is 11.7. The van der Waals surface area contributed by atoms with E-state index in [0.29, 0.717) is 5.92 Å². The van der Waals surface area contributed by atoms with Gasteiger partial charge < -0.3 is 5.73 Å². The van der Waals surface area contributed by atoms with Crippen molar-refractivity contribution in [2.75, 3.05) is 18.5 Å². The fourth-order valence-corrected chi connectivity index (χ4v) is 3.92. The maximum absolute atomic E-state index is 11.7. The third-order valence-electron chi connectivity index (χ3n) is 4.03. The zero-order valence-corrected chi connectivity index (χ0v) is 12.9. The second kappa shape index (κ2) is 5.95. The van der Waals surface area contributed by atoms with Crippen molar-refractivity contribution < 1.29 is 4.79 Å². The molecule has 1 amide bonds. The molecule has 0 radical (unpaired) electrons. The first-order valence-electron chi connectivity index (χ1n) is 7.19. The van der Waals surface area contributed by atoms with Crippen molar-refractivity contribution in [2.24, 2.45) is 5.73 Å². The first-order valence-corrected chi connectivity index (χ1v) is 8.01. The van der Waals surface area contributed by atoms with Crippen LogP contribution < -0.4 is 10.6 Å². The van der Waals surface area contributed by atoms with E-state index in [9.17, 15) is 4.79 Å². The van der Waals surface area contributed by atoms with Gasteiger partial charge >= 0.3 is 0 Å². The summed E-state index contributed by atoms with van der Waals surface area (Å²) >= 11 is 1.62. The summed E-state index contributed by atoms with van der Waals surface area (Å²) in [5.74, 6) is 0.461. The Balaban J connectivity index is 1.81. The highest BCUT2D eigenvalue weighted by Crippen LogP contribution is 2.37. The highest BCUT2D eigenvalue weighted by molar-refractivity contribution is 7.15. The third-order valence-corrected chi connectivity index (χ3v) is 5.23. The number of nitrogens with two attached hydrogens (primary N) is 1. The minimum atomic E-state index is -0.0966. The normalized spacial score (nSPS) is 17.3. The van der Waals surface area contributed by atoms with E-state index in [1.807, 2.05) is 0 Å². The van der Waals surface area contributed by atoms with Crippen molar-refractivity contribution in [3.05, 3.63) is 46.5 Å². The fraction of sp³-hybridized carbons (Fsp3) is 0.375. The van der Waals surface area contributed by atoms with E-state index in [1.54, 1.807) is 23.3 Å². The number of rotatable bonds is 3. The topological polar surface area (TPSA) is 59.2 Å². The third kappa shape index (κ3) is 2.84. The average Bonchev–Trinajstić information content (AvgIpc) is 2.97. The van der Waals surface area contributed by atoms with Gasteiger partial charge in [0.2, 0.25) is 5.91 Å². The van der Waals surface area contributed by atoms with E-state index < -0.39 is 0 Å². The Kier molecular flexibility index (Phi) is 4.03. The van der Waals surface area contributed by atoms with Crippen molar-refractivity contribution in [1.82, 2.24) is 4.98 Å². The molecule has 0 unspecified atom stereocenters. The Labute approximate surface area is 128 Å². The number of fused-ring (bicyclic) bond motifs is 1. The van der Waals surface area contributed by atoms with Crippen molar-refractivity contribution >= 4 is 22.4 Å². The maximum Gasteiger partial charge on any atom is 0.242 e. The fourth-order valence-electron chi connectivity index (χ4n) is 2.76. The van der Waals surface area contributed by atoms with E-state index in [-0.39, 0.29) is 12.5 Å². The molecule has 110 valence electrons. The molecule has 21 heavy (non-hydrogen) atoms. The van der Waals surface area contributed by atoms with Crippen LogP contribution in [0.3, 0.4) is 0 Å². The molecule has 0 saturated heterocycles. The molecule has 5 heteroatoms. The van der Waals surface area contributed by atoms with Crippen LogP contribution in [0.5, 0.6) is 0 Å². The molecule has 1 aromatic carbocycles. The van der Waals surface area contributed by atoms with E-state index in [2.05, 4.69) is 35.3 Å². The summed E-state index contributed by atoms with van der Waals surface area (Å²) < 4.78 is 0. The summed E-state index contributed by atoms with van der Waals surface area (Å²) in [6, 6.07) is 10.6. The lowest BCUT2D eigenvalue weighted by Crippen LogP contribution is -2.32. The molecule has 1 aromatic heterocycles. The average molecular weight is 301 g/mol. The number of carbonyl (C=O) groups is 1. The molecule has 1 aliphatic carbocycles. The van der Waals surface area contributed by atoms with Crippen LogP contribution in [-0.2, 0) is 17.6 Å². The molecule has 0 bridgehead atoms. The number of hydrogen-bond acceptors (Lipinski definition) is 4. The first kappa shape index (κ1) is 14.2. The Morgan fingerprint density at radius 3 is 2.90 bits per heavy atom. The molecule has 4 nitrogen and oxygen atoms in total. The Hall–Kier alpha value is -1.72. The minimum Gasteiger partial charge on any atom is -0.322 e. The Morgan fingerprint density at radius 2 is 2.19 bits per heavy atom. The molecular formula is C16H19N3OS. The SMILES string of the molecule is CN(C(=O)CN)c1nc2c(s1)C[C@H](c1ccccc1)CC2. The second-order valence-electron chi connectivity index (χ2n) is 5.37. The molecule has 1 atom stereocenters. The number of hydrogen-bond donors (Lipinski definition) is 1. The van der Waals surface area contributed by atoms with Gasteiger partial charge in [0.05, 0.1) is 12.2 Å². The van der Waals surface area contributed by atoms with Crippen molar-refractivity contribution in [3.8, 4) is 0 Å². The molecule has 2 aromatic rings. The summed E-state index contributed by atoms with van der Waals surface area (Å²) in [4.78, 5) is 19.2. The zero-order chi connectivity index (χ0) is 14.8. The van der Waals surface area contributed by atoms with Crippen LogP contribution in [0.2, 0.25) is 0 Å². The van der Waals surface area contributed by atoms with Gasteiger partial charge in [-0.1, -0.05) is 30.3 Å². The Morgan fingerprint density at radius 1 is 1.43 bits per heavy atom. The minimum absolute atomic E-state index is 0.0212. The first-order chi connectivity index (χ1) is 10.2. The molecule has 3 rings (SSSR count). The van der Waals surface area contributed by atoms with E-state index in [0.717, 1.165) is 30.1 Å². The lowest BCUT2D eigenvalue weighted by Gasteiger charge is -2.21. The number of anilines is 1. The van der Waals surface area contributed by atoms with Crippen LogP contribution >= 0.6 is 11.3 Å². The van der Waals surface area contributed by atoms with Gasteiger partial charge in [-0.3, -0.25) is 9.69 Å². The van der Waals surface area contributed by atoms with Gasteiger partial charge in [0, 0.05) is 11.9 Å². The summed E-state index contributed by atoms with van der Waals surface area (Å²) in [7, 11) is 1.74. The van der Waals surface area contributed by atoms with E-state index in [4.69, 9.17) is 5.73 Å². The van der Waals surface area contributed by atoms with Crippen LogP contribution in [0, 0.1) is 0 Å². The smallest absolute Gasteiger partial charge is 0.242 e. The predicted molar refractivity (Wildman–Crippen MR) is 85.8 cm³/mol. The summed E-state index contributed by atoms with van der Waals surface area (Å²) in [5, 5.41) is 0.768. The van der Waals surface area contributed by atoms with Gasteiger partial charge in [0.25, 0.3) is 0 Å². The van der Waals surface area contributed by atoms with Crippen LogP contribution in [0.25, 0.3) is 0 Å². The molecule has 0 fully saturated rings. The number of carbonyl (C=O) groups excluding carboxylic acids is 1. The van der Waals surface area contributed by atoms with Gasteiger partial charge in [-0.25, -0.2) is 4.98 Å². The molecule has 0 aliphatic heterocycles. The van der Waals surface area contributed by atoms with Crippen LogP contribution in [0.4, 0.5) is 5.13 Å². The van der Waals surface area contributed by atoms with Gasteiger partial charge in [-0.2, -0.15) is 0 Å². The van der Waals surface area contributed by atoms with E-state index >= 15 is 0 Å². The number of thiazole rings is 1. The number of likely N-dealkylation sites (N-methyl/N-ethyl adjacent to an activating group) is 1. The van der Waals surface area contributed by atoms with Crippen LogP contribution in [0.15, 0.2) is 30.3 Å². The number of nitrogens with zero attached hydrogens (tertiary/aromatic N) is 2. The molecule has 2 N–H and O–H groups in total. The molecular weight excluding hydrogens is 282 g/mol. The van der Waals surface area contributed by atoms with Gasteiger partial charge in [0.1, 0.15) is 0 Å². The monoisotopic (exact) mass is 301 g/mol. The molecule has 0 spiro atoms. The van der Waals surface area contributed by atoms with Gasteiger partial charge in [-0.15, -0.1) is 11.3 Å². The van der Waals surface area contributed by atoms with Crippen LogP contribution in [-0.4, -0.2) is 24.5 Å². The highest BCUT2D eigenvalue weighted by atomic mass is 32.1.